The van der Waals surface area contributed by atoms with E-state index in [-0.39, 0.29) is 5.91 Å². The van der Waals surface area contributed by atoms with Gasteiger partial charge in [-0.25, -0.2) is 0 Å². The standard InChI is InChI=1S/C14H9Br3N2O/c15-7-4-5-8(16)11(6-7)18-13-12-9(17)2-1-3-10(12)19-14(13)20/h1-6,13,18H,(H,19,20). The molecule has 1 heterocycles. The zero-order valence-corrected chi connectivity index (χ0v) is 14.8. The predicted molar refractivity (Wildman–Crippen MR) is 91.0 cm³/mol. The number of hydrogen-bond acceptors (Lipinski definition) is 2. The van der Waals surface area contributed by atoms with Crippen LogP contribution < -0.4 is 10.6 Å². The topological polar surface area (TPSA) is 41.1 Å². The van der Waals surface area contributed by atoms with Crippen molar-refractivity contribution in [3.05, 3.63) is 55.4 Å². The van der Waals surface area contributed by atoms with E-state index in [1.54, 1.807) is 0 Å². The van der Waals surface area contributed by atoms with Crippen LogP contribution in [0.25, 0.3) is 0 Å². The average Bonchev–Trinajstić information content (AvgIpc) is 2.72. The molecule has 0 aliphatic carbocycles. The molecule has 1 amide bonds. The molecule has 102 valence electrons. The first kappa shape index (κ1) is 14.1. The van der Waals surface area contributed by atoms with E-state index in [1.165, 1.54) is 0 Å². The summed E-state index contributed by atoms with van der Waals surface area (Å²) in [6.07, 6.45) is 0. The van der Waals surface area contributed by atoms with E-state index in [9.17, 15) is 4.79 Å². The maximum absolute atomic E-state index is 12.2. The van der Waals surface area contributed by atoms with Crippen molar-refractivity contribution in [1.82, 2.24) is 0 Å². The van der Waals surface area contributed by atoms with Gasteiger partial charge in [-0.2, -0.15) is 0 Å². The minimum Gasteiger partial charge on any atom is -0.369 e. The van der Waals surface area contributed by atoms with Gasteiger partial charge in [0.15, 0.2) is 0 Å². The summed E-state index contributed by atoms with van der Waals surface area (Å²) in [7, 11) is 0. The fraction of sp³-hybridized carbons (Fsp3) is 0.0714. The summed E-state index contributed by atoms with van der Waals surface area (Å²) in [6.45, 7) is 0. The summed E-state index contributed by atoms with van der Waals surface area (Å²) in [5, 5.41) is 6.16. The van der Waals surface area contributed by atoms with Gasteiger partial charge in [-0.3, -0.25) is 4.79 Å². The molecule has 2 N–H and O–H groups in total. The number of rotatable bonds is 2. The van der Waals surface area contributed by atoms with E-state index in [4.69, 9.17) is 0 Å². The lowest BCUT2D eigenvalue weighted by Gasteiger charge is -2.15. The van der Waals surface area contributed by atoms with Crippen molar-refractivity contribution in [2.45, 2.75) is 6.04 Å². The SMILES string of the molecule is O=C1Nc2cccc(Br)c2C1Nc1cc(Br)ccc1Br. The zero-order valence-electron chi connectivity index (χ0n) is 10.1. The highest BCUT2D eigenvalue weighted by Gasteiger charge is 2.32. The van der Waals surface area contributed by atoms with E-state index >= 15 is 0 Å². The van der Waals surface area contributed by atoms with Crippen molar-refractivity contribution >= 4 is 65.1 Å². The van der Waals surface area contributed by atoms with Gasteiger partial charge in [-0.05, 0) is 46.3 Å². The molecule has 3 rings (SSSR count). The van der Waals surface area contributed by atoms with Crippen molar-refractivity contribution in [3.8, 4) is 0 Å². The fourth-order valence-electron chi connectivity index (χ4n) is 2.18. The summed E-state index contributed by atoms with van der Waals surface area (Å²) in [5.74, 6) is -0.0567. The molecule has 1 aliphatic heterocycles. The molecule has 6 heteroatoms. The molecule has 0 aromatic heterocycles. The summed E-state index contributed by atoms with van der Waals surface area (Å²) in [4.78, 5) is 12.2. The second-order valence-electron chi connectivity index (χ2n) is 4.39. The molecule has 2 aromatic rings. The third-order valence-corrected chi connectivity index (χ3v) is 4.97. The Morgan fingerprint density at radius 2 is 1.85 bits per heavy atom. The van der Waals surface area contributed by atoms with Gasteiger partial charge in [0.1, 0.15) is 6.04 Å². The number of carbonyl (C=O) groups excluding carboxylic acids is 1. The van der Waals surface area contributed by atoms with Crippen molar-refractivity contribution in [2.75, 3.05) is 10.6 Å². The first-order chi connectivity index (χ1) is 9.56. The molecular formula is C14H9Br3N2O. The van der Waals surface area contributed by atoms with Gasteiger partial charge in [-0.1, -0.05) is 37.9 Å². The lowest BCUT2D eigenvalue weighted by Crippen LogP contribution is -2.20. The molecule has 0 bridgehead atoms. The zero-order chi connectivity index (χ0) is 14.3. The summed E-state index contributed by atoms with van der Waals surface area (Å²) < 4.78 is 2.78. The lowest BCUT2D eigenvalue weighted by molar-refractivity contribution is -0.116. The number of nitrogens with one attached hydrogen (secondary N) is 2. The Balaban J connectivity index is 2.00. The number of benzene rings is 2. The number of hydrogen-bond donors (Lipinski definition) is 2. The van der Waals surface area contributed by atoms with Gasteiger partial charge in [0.25, 0.3) is 5.91 Å². The highest BCUT2D eigenvalue weighted by Crippen LogP contribution is 2.39. The van der Waals surface area contributed by atoms with Gasteiger partial charge in [0.2, 0.25) is 0 Å². The number of carbonyl (C=O) groups is 1. The molecule has 3 nitrogen and oxygen atoms in total. The number of halogens is 3. The number of fused-ring (bicyclic) bond motifs is 1. The van der Waals surface area contributed by atoms with E-state index in [0.29, 0.717) is 0 Å². The lowest BCUT2D eigenvalue weighted by atomic mass is 10.1. The van der Waals surface area contributed by atoms with Crippen LogP contribution >= 0.6 is 47.8 Å². The van der Waals surface area contributed by atoms with E-state index < -0.39 is 6.04 Å². The Morgan fingerprint density at radius 1 is 1.05 bits per heavy atom. The van der Waals surface area contributed by atoms with Crippen LogP contribution in [-0.2, 0) is 4.79 Å². The Kier molecular flexibility index (Phi) is 3.88. The maximum Gasteiger partial charge on any atom is 0.251 e. The van der Waals surface area contributed by atoms with Gasteiger partial charge in [-0.15, -0.1) is 0 Å². The Hall–Kier alpha value is -0.850. The molecule has 0 radical (unpaired) electrons. The van der Waals surface area contributed by atoms with Crippen LogP contribution in [0, 0.1) is 0 Å². The van der Waals surface area contributed by atoms with Crippen LogP contribution in [0.2, 0.25) is 0 Å². The largest absolute Gasteiger partial charge is 0.369 e. The molecule has 2 aromatic carbocycles. The number of amides is 1. The third-order valence-electron chi connectivity index (χ3n) is 3.09. The van der Waals surface area contributed by atoms with Crippen molar-refractivity contribution < 1.29 is 4.79 Å². The quantitative estimate of drug-likeness (QED) is 0.656. The summed E-state index contributed by atoms with van der Waals surface area (Å²) >= 11 is 10.4. The highest BCUT2D eigenvalue weighted by atomic mass is 79.9. The Labute approximate surface area is 141 Å². The van der Waals surface area contributed by atoms with Crippen molar-refractivity contribution in [1.29, 1.82) is 0 Å². The van der Waals surface area contributed by atoms with E-state index in [1.807, 2.05) is 36.4 Å². The molecule has 0 saturated heterocycles. The molecule has 1 unspecified atom stereocenters. The third kappa shape index (κ3) is 2.52. The van der Waals surface area contributed by atoms with E-state index in [0.717, 1.165) is 30.4 Å². The predicted octanol–water partition coefficient (Wildman–Crippen LogP) is 5.08. The molecular weight excluding hydrogens is 452 g/mol. The van der Waals surface area contributed by atoms with Crippen LogP contribution in [0.4, 0.5) is 11.4 Å². The van der Waals surface area contributed by atoms with Gasteiger partial charge < -0.3 is 10.6 Å². The minimum absolute atomic E-state index is 0.0567. The monoisotopic (exact) mass is 458 g/mol. The second-order valence-corrected chi connectivity index (χ2v) is 7.02. The smallest absolute Gasteiger partial charge is 0.251 e. The van der Waals surface area contributed by atoms with Crippen LogP contribution in [0.3, 0.4) is 0 Å². The highest BCUT2D eigenvalue weighted by molar-refractivity contribution is 9.11. The van der Waals surface area contributed by atoms with Crippen LogP contribution in [0.15, 0.2) is 49.8 Å². The molecule has 20 heavy (non-hydrogen) atoms. The van der Waals surface area contributed by atoms with Crippen molar-refractivity contribution in [3.63, 3.8) is 0 Å². The Morgan fingerprint density at radius 3 is 2.65 bits per heavy atom. The van der Waals surface area contributed by atoms with E-state index in [2.05, 4.69) is 58.4 Å². The first-order valence-corrected chi connectivity index (χ1v) is 8.25. The molecule has 0 fully saturated rings. The second kappa shape index (κ2) is 5.50. The number of anilines is 2. The fourth-order valence-corrected chi connectivity index (χ4v) is 3.49. The van der Waals surface area contributed by atoms with Crippen molar-refractivity contribution in [2.24, 2.45) is 0 Å². The minimum atomic E-state index is -0.411. The molecule has 0 spiro atoms. The molecule has 0 saturated carbocycles. The molecule has 1 atom stereocenters. The van der Waals surface area contributed by atoms with Gasteiger partial charge in [0, 0.05) is 24.7 Å². The Bertz CT molecular complexity index is 703. The van der Waals surface area contributed by atoms with Gasteiger partial charge in [0.05, 0.1) is 5.69 Å². The normalized spacial score (nSPS) is 16.8. The summed E-state index contributed by atoms with van der Waals surface area (Å²) in [5.41, 5.74) is 2.64. The summed E-state index contributed by atoms with van der Waals surface area (Å²) in [6, 6.07) is 11.1. The maximum atomic E-state index is 12.2. The van der Waals surface area contributed by atoms with Crippen LogP contribution in [-0.4, -0.2) is 5.91 Å². The first-order valence-electron chi connectivity index (χ1n) is 5.87. The van der Waals surface area contributed by atoms with Crippen LogP contribution in [0.1, 0.15) is 11.6 Å². The van der Waals surface area contributed by atoms with Crippen LogP contribution in [0.5, 0.6) is 0 Å². The molecule has 1 aliphatic rings. The average molecular weight is 461 g/mol. The van der Waals surface area contributed by atoms with Gasteiger partial charge >= 0.3 is 0 Å².